The summed E-state index contributed by atoms with van der Waals surface area (Å²) in [6.07, 6.45) is 2.68. The Labute approximate surface area is 102 Å². The lowest BCUT2D eigenvalue weighted by Gasteiger charge is -2.05. The number of fused-ring (bicyclic) bond motifs is 1. The van der Waals surface area contributed by atoms with Gasteiger partial charge in [0.25, 0.3) is 0 Å². The lowest BCUT2D eigenvalue weighted by Crippen LogP contribution is -2.06. The summed E-state index contributed by atoms with van der Waals surface area (Å²) in [6.45, 7) is 4.81. The molecule has 0 amide bonds. The fourth-order valence-electron chi connectivity index (χ4n) is 1.59. The van der Waals surface area contributed by atoms with Crippen LogP contribution in [0.25, 0.3) is 11.0 Å². The fourth-order valence-corrected chi connectivity index (χ4v) is 1.84. The molecule has 0 aliphatic heterocycles. The Morgan fingerprint density at radius 3 is 2.82 bits per heavy atom. The van der Waals surface area contributed by atoms with E-state index in [0.717, 1.165) is 0 Å². The Morgan fingerprint density at radius 1 is 1.53 bits per heavy atom. The van der Waals surface area contributed by atoms with Gasteiger partial charge < -0.3 is 0 Å². The van der Waals surface area contributed by atoms with E-state index in [1.54, 1.807) is 4.68 Å². The first-order valence-corrected chi connectivity index (χ1v) is 5.53. The van der Waals surface area contributed by atoms with Crippen LogP contribution >= 0.6 is 11.6 Å². The van der Waals surface area contributed by atoms with Crippen molar-refractivity contribution >= 4 is 28.3 Å². The van der Waals surface area contributed by atoms with E-state index in [0.29, 0.717) is 23.5 Å². The maximum Gasteiger partial charge on any atom is 0.306 e. The van der Waals surface area contributed by atoms with Crippen LogP contribution in [0.1, 0.15) is 13.8 Å². The summed E-state index contributed by atoms with van der Waals surface area (Å²) in [7, 11) is 0. The standard InChI is InChI=1S/C10H11ClN4O2/c1-6(2)5-14-10-7(3-13-14)9(11)8(4-12-10)15(16)17/h3-4,6H,5H2,1-2H3. The molecular weight excluding hydrogens is 244 g/mol. The van der Waals surface area contributed by atoms with Gasteiger partial charge in [0.2, 0.25) is 0 Å². The van der Waals surface area contributed by atoms with Crippen molar-refractivity contribution in [1.82, 2.24) is 14.8 Å². The number of nitrogens with zero attached hydrogens (tertiary/aromatic N) is 4. The van der Waals surface area contributed by atoms with Crippen LogP contribution in [0.2, 0.25) is 5.02 Å². The zero-order valence-electron chi connectivity index (χ0n) is 9.42. The summed E-state index contributed by atoms with van der Waals surface area (Å²) >= 11 is 5.95. The minimum Gasteiger partial charge on any atom is -0.258 e. The summed E-state index contributed by atoms with van der Waals surface area (Å²) in [5, 5.41) is 15.5. The third-order valence-electron chi connectivity index (χ3n) is 2.32. The van der Waals surface area contributed by atoms with Crippen molar-refractivity contribution in [3.05, 3.63) is 27.5 Å². The smallest absolute Gasteiger partial charge is 0.258 e. The molecule has 0 aliphatic carbocycles. The topological polar surface area (TPSA) is 73.8 Å². The van der Waals surface area contributed by atoms with E-state index in [1.165, 1.54) is 12.4 Å². The molecule has 2 aromatic heterocycles. The van der Waals surface area contributed by atoms with Gasteiger partial charge in [0.05, 0.1) is 16.5 Å². The summed E-state index contributed by atoms with van der Waals surface area (Å²) in [5.41, 5.74) is 0.387. The zero-order chi connectivity index (χ0) is 12.6. The van der Waals surface area contributed by atoms with Gasteiger partial charge >= 0.3 is 5.69 Å². The molecule has 0 spiro atoms. The van der Waals surface area contributed by atoms with Crippen LogP contribution in [0.5, 0.6) is 0 Å². The molecule has 0 unspecified atom stereocenters. The van der Waals surface area contributed by atoms with E-state index >= 15 is 0 Å². The predicted octanol–water partition coefficient (Wildman–Crippen LogP) is 2.65. The third-order valence-corrected chi connectivity index (χ3v) is 2.71. The van der Waals surface area contributed by atoms with E-state index in [4.69, 9.17) is 11.6 Å². The molecule has 0 bridgehead atoms. The van der Waals surface area contributed by atoms with Gasteiger partial charge in [-0.2, -0.15) is 5.10 Å². The van der Waals surface area contributed by atoms with Crippen LogP contribution in [0.15, 0.2) is 12.4 Å². The van der Waals surface area contributed by atoms with E-state index < -0.39 is 4.92 Å². The highest BCUT2D eigenvalue weighted by Crippen LogP contribution is 2.30. The highest BCUT2D eigenvalue weighted by Gasteiger charge is 2.18. The molecule has 2 rings (SSSR count). The summed E-state index contributed by atoms with van der Waals surface area (Å²) in [6, 6.07) is 0. The molecule has 2 aromatic rings. The van der Waals surface area contributed by atoms with Gasteiger partial charge in [0, 0.05) is 6.54 Å². The summed E-state index contributed by atoms with van der Waals surface area (Å²) < 4.78 is 1.70. The first kappa shape index (κ1) is 11.8. The maximum absolute atomic E-state index is 10.7. The molecule has 7 heteroatoms. The van der Waals surface area contributed by atoms with E-state index in [1.807, 2.05) is 0 Å². The van der Waals surface area contributed by atoms with Crippen LogP contribution in [-0.2, 0) is 6.54 Å². The third kappa shape index (κ3) is 2.08. The lowest BCUT2D eigenvalue weighted by molar-refractivity contribution is -0.384. The van der Waals surface area contributed by atoms with Crippen molar-refractivity contribution in [1.29, 1.82) is 0 Å². The summed E-state index contributed by atoms with van der Waals surface area (Å²) in [5.74, 6) is 0.411. The molecule has 90 valence electrons. The minimum atomic E-state index is -0.547. The molecule has 17 heavy (non-hydrogen) atoms. The number of pyridine rings is 1. The first-order chi connectivity index (χ1) is 8.00. The molecule has 0 saturated heterocycles. The molecule has 0 fully saturated rings. The molecule has 6 nitrogen and oxygen atoms in total. The monoisotopic (exact) mass is 254 g/mol. The van der Waals surface area contributed by atoms with Crippen molar-refractivity contribution in [3.8, 4) is 0 Å². The molecule has 0 saturated carbocycles. The van der Waals surface area contributed by atoms with E-state index in [-0.39, 0.29) is 10.7 Å². The van der Waals surface area contributed by atoms with Crippen LogP contribution in [0, 0.1) is 16.0 Å². The zero-order valence-corrected chi connectivity index (χ0v) is 10.2. The van der Waals surface area contributed by atoms with Crippen molar-refractivity contribution in [2.24, 2.45) is 5.92 Å². The molecule has 2 heterocycles. The summed E-state index contributed by atoms with van der Waals surface area (Å²) in [4.78, 5) is 14.2. The van der Waals surface area contributed by atoms with Gasteiger partial charge in [-0.1, -0.05) is 25.4 Å². The Balaban J connectivity index is 2.58. The SMILES string of the molecule is CC(C)Cn1ncc2c(Cl)c([N+](=O)[O-])cnc21. The number of hydrogen-bond acceptors (Lipinski definition) is 4. The Morgan fingerprint density at radius 2 is 2.24 bits per heavy atom. The van der Waals surface area contributed by atoms with Gasteiger partial charge in [-0.3, -0.25) is 10.1 Å². The predicted molar refractivity (Wildman–Crippen MR) is 64.0 cm³/mol. The normalized spacial score (nSPS) is 11.3. The Bertz CT molecular complexity index is 579. The van der Waals surface area contributed by atoms with Crippen LogP contribution in [0.3, 0.4) is 0 Å². The second-order valence-corrected chi connectivity index (χ2v) is 4.55. The van der Waals surface area contributed by atoms with Crippen molar-refractivity contribution in [2.45, 2.75) is 20.4 Å². The number of hydrogen-bond donors (Lipinski definition) is 0. The number of rotatable bonds is 3. The average Bonchev–Trinajstić information content (AvgIpc) is 2.61. The average molecular weight is 255 g/mol. The number of halogens is 1. The van der Waals surface area contributed by atoms with Gasteiger partial charge in [-0.25, -0.2) is 9.67 Å². The molecule has 0 atom stereocenters. The molecular formula is C10H11ClN4O2. The quantitative estimate of drug-likeness (QED) is 0.623. The lowest BCUT2D eigenvalue weighted by atomic mass is 10.2. The Kier molecular flexibility index (Phi) is 2.97. The molecule has 0 aliphatic rings. The molecule has 0 radical (unpaired) electrons. The molecule has 0 N–H and O–H groups in total. The van der Waals surface area contributed by atoms with Gasteiger partial charge in [0.15, 0.2) is 5.65 Å². The van der Waals surface area contributed by atoms with Gasteiger partial charge in [-0.05, 0) is 5.92 Å². The van der Waals surface area contributed by atoms with Crippen LogP contribution in [0.4, 0.5) is 5.69 Å². The molecule has 0 aromatic carbocycles. The number of aromatic nitrogens is 3. The maximum atomic E-state index is 10.7. The van der Waals surface area contributed by atoms with Crippen molar-refractivity contribution in [2.75, 3.05) is 0 Å². The van der Waals surface area contributed by atoms with Crippen molar-refractivity contribution in [3.63, 3.8) is 0 Å². The van der Waals surface area contributed by atoms with E-state index in [9.17, 15) is 10.1 Å². The second kappa shape index (κ2) is 4.29. The van der Waals surface area contributed by atoms with E-state index in [2.05, 4.69) is 23.9 Å². The first-order valence-electron chi connectivity index (χ1n) is 5.15. The highest BCUT2D eigenvalue weighted by atomic mass is 35.5. The highest BCUT2D eigenvalue weighted by molar-refractivity contribution is 6.37. The number of nitro groups is 1. The Hall–Kier alpha value is -1.69. The van der Waals surface area contributed by atoms with Crippen molar-refractivity contribution < 1.29 is 4.92 Å². The van der Waals surface area contributed by atoms with Crippen LogP contribution in [-0.4, -0.2) is 19.7 Å². The fraction of sp³-hybridized carbons (Fsp3) is 0.400. The largest absolute Gasteiger partial charge is 0.306 e. The van der Waals surface area contributed by atoms with Gasteiger partial charge in [-0.15, -0.1) is 0 Å². The second-order valence-electron chi connectivity index (χ2n) is 4.17. The van der Waals surface area contributed by atoms with Gasteiger partial charge in [0.1, 0.15) is 11.2 Å². The minimum absolute atomic E-state index is 0.0926. The van der Waals surface area contributed by atoms with Crippen LogP contribution < -0.4 is 0 Å².